The summed E-state index contributed by atoms with van der Waals surface area (Å²) in [6.45, 7) is 9.49. The smallest absolute Gasteiger partial charge is 0.0367 e. The second kappa shape index (κ2) is 6.80. The molecule has 0 amide bonds. The van der Waals surface area contributed by atoms with Crippen molar-refractivity contribution in [2.24, 2.45) is 0 Å². The van der Waals surface area contributed by atoms with Crippen molar-refractivity contribution in [2.45, 2.75) is 32.2 Å². The summed E-state index contributed by atoms with van der Waals surface area (Å²) in [7, 11) is 2.28. The second-order valence-corrected chi connectivity index (χ2v) is 6.73. The number of likely N-dealkylation sites (tertiary alicyclic amines) is 1. The molecule has 3 heteroatoms. The van der Waals surface area contributed by atoms with Gasteiger partial charge in [-0.15, -0.1) is 0 Å². The first-order chi connectivity index (χ1) is 10.2. The van der Waals surface area contributed by atoms with Crippen molar-refractivity contribution in [3.8, 4) is 0 Å². The molecule has 0 N–H and O–H groups in total. The molecule has 0 unspecified atom stereocenters. The molecule has 2 saturated heterocycles. The van der Waals surface area contributed by atoms with E-state index in [1.165, 1.54) is 69.8 Å². The Hall–Kier alpha value is -1.06. The van der Waals surface area contributed by atoms with Gasteiger partial charge in [0.25, 0.3) is 0 Å². The monoisotopic (exact) mass is 287 g/mol. The maximum atomic E-state index is 2.65. The number of hydrogen-bond acceptors (Lipinski definition) is 3. The first-order valence-corrected chi connectivity index (χ1v) is 8.46. The lowest BCUT2D eigenvalue weighted by Crippen LogP contribution is -2.47. The minimum atomic E-state index is 0.833. The lowest BCUT2D eigenvalue weighted by Gasteiger charge is -2.36. The molecule has 1 aromatic carbocycles. The van der Waals surface area contributed by atoms with E-state index in [1.54, 1.807) is 0 Å². The predicted molar refractivity (Wildman–Crippen MR) is 90.1 cm³/mol. The van der Waals surface area contributed by atoms with Gasteiger partial charge in [-0.1, -0.05) is 17.7 Å². The molecular formula is C18H29N3. The molecule has 116 valence electrons. The van der Waals surface area contributed by atoms with E-state index < -0.39 is 0 Å². The van der Waals surface area contributed by atoms with Gasteiger partial charge < -0.3 is 9.80 Å². The number of aryl methyl sites for hydroxylation is 1. The quantitative estimate of drug-likeness (QED) is 0.843. The Labute approximate surface area is 129 Å². The van der Waals surface area contributed by atoms with E-state index in [1.807, 2.05) is 0 Å². The summed E-state index contributed by atoms with van der Waals surface area (Å²) in [5.74, 6) is 0. The van der Waals surface area contributed by atoms with Crippen LogP contribution < -0.4 is 4.90 Å². The molecule has 0 bridgehead atoms. The third kappa shape index (κ3) is 3.78. The second-order valence-electron chi connectivity index (χ2n) is 6.73. The highest BCUT2D eigenvalue weighted by atomic mass is 15.3. The molecule has 0 aliphatic carbocycles. The molecule has 0 saturated carbocycles. The highest BCUT2D eigenvalue weighted by Gasteiger charge is 2.23. The fourth-order valence-corrected chi connectivity index (χ4v) is 3.66. The number of piperazine rings is 1. The van der Waals surface area contributed by atoms with Gasteiger partial charge in [0.05, 0.1) is 0 Å². The zero-order chi connectivity index (χ0) is 14.7. The van der Waals surface area contributed by atoms with E-state index in [9.17, 15) is 0 Å². The maximum Gasteiger partial charge on any atom is 0.0367 e. The number of rotatable bonds is 4. The van der Waals surface area contributed by atoms with Gasteiger partial charge in [-0.2, -0.15) is 0 Å². The summed E-state index contributed by atoms with van der Waals surface area (Å²) < 4.78 is 0. The Balaban J connectivity index is 1.43. The zero-order valence-electron chi connectivity index (χ0n) is 13.6. The van der Waals surface area contributed by atoms with Crippen molar-refractivity contribution in [2.75, 3.05) is 51.2 Å². The maximum absolute atomic E-state index is 2.65. The Bertz CT molecular complexity index is 434. The minimum Gasteiger partial charge on any atom is -0.369 e. The molecule has 0 spiro atoms. The molecule has 2 aliphatic rings. The molecule has 1 aromatic rings. The van der Waals surface area contributed by atoms with E-state index in [0.717, 1.165) is 6.04 Å². The summed E-state index contributed by atoms with van der Waals surface area (Å²) in [6.07, 6.45) is 4.14. The predicted octanol–water partition coefficient (Wildman–Crippen LogP) is 2.60. The van der Waals surface area contributed by atoms with Crippen LogP contribution in [0, 0.1) is 6.92 Å². The number of hydrogen-bond donors (Lipinski definition) is 0. The first-order valence-electron chi connectivity index (χ1n) is 8.46. The molecule has 3 rings (SSSR count). The Morgan fingerprint density at radius 1 is 1.00 bits per heavy atom. The Kier molecular flexibility index (Phi) is 4.81. The fourth-order valence-electron chi connectivity index (χ4n) is 3.66. The summed E-state index contributed by atoms with van der Waals surface area (Å²) in [5, 5.41) is 0. The van der Waals surface area contributed by atoms with Gasteiger partial charge in [0.2, 0.25) is 0 Å². The van der Waals surface area contributed by atoms with E-state index in [-0.39, 0.29) is 0 Å². The average Bonchev–Trinajstić information content (AvgIpc) is 2.92. The van der Waals surface area contributed by atoms with Crippen LogP contribution in [0.2, 0.25) is 0 Å². The van der Waals surface area contributed by atoms with Crippen molar-refractivity contribution in [3.63, 3.8) is 0 Å². The molecular weight excluding hydrogens is 258 g/mol. The van der Waals surface area contributed by atoms with Gasteiger partial charge in [0.1, 0.15) is 0 Å². The average molecular weight is 287 g/mol. The van der Waals surface area contributed by atoms with Crippen LogP contribution in [0.15, 0.2) is 24.3 Å². The third-order valence-corrected chi connectivity index (χ3v) is 5.22. The SMILES string of the molecule is Cc1ccc(N2CCN(CC[C@H]3CCCN3C)CC2)cc1. The van der Waals surface area contributed by atoms with Gasteiger partial charge in [-0.3, -0.25) is 4.90 Å². The van der Waals surface area contributed by atoms with Crippen molar-refractivity contribution in [1.82, 2.24) is 9.80 Å². The van der Waals surface area contributed by atoms with Crippen molar-refractivity contribution in [1.29, 1.82) is 0 Å². The molecule has 2 aliphatic heterocycles. The van der Waals surface area contributed by atoms with Gasteiger partial charge in [-0.05, 0) is 58.5 Å². The number of anilines is 1. The first kappa shape index (κ1) is 14.9. The van der Waals surface area contributed by atoms with Crippen LogP contribution >= 0.6 is 0 Å². The summed E-state index contributed by atoms with van der Waals surface area (Å²) in [5.41, 5.74) is 2.73. The van der Waals surface area contributed by atoms with Crippen LogP contribution in [-0.2, 0) is 0 Å². The third-order valence-electron chi connectivity index (χ3n) is 5.22. The van der Waals surface area contributed by atoms with E-state index in [4.69, 9.17) is 0 Å². The van der Waals surface area contributed by atoms with Gasteiger partial charge in [0, 0.05) is 37.9 Å². The molecule has 0 radical (unpaired) electrons. The van der Waals surface area contributed by atoms with Crippen LogP contribution in [0.4, 0.5) is 5.69 Å². The topological polar surface area (TPSA) is 9.72 Å². The number of nitrogens with zero attached hydrogens (tertiary/aromatic N) is 3. The molecule has 0 aromatic heterocycles. The lowest BCUT2D eigenvalue weighted by molar-refractivity contribution is 0.215. The standard InChI is InChI=1S/C18H29N3/c1-16-5-7-18(8-6-16)21-14-12-20(13-15-21)11-9-17-4-3-10-19(17)2/h5-8,17H,3-4,9-15H2,1-2H3/t17-/m1/s1. The Morgan fingerprint density at radius 3 is 2.33 bits per heavy atom. The largest absolute Gasteiger partial charge is 0.369 e. The normalized spacial score (nSPS) is 24.7. The molecule has 3 nitrogen and oxygen atoms in total. The summed E-state index contributed by atoms with van der Waals surface area (Å²) >= 11 is 0. The van der Waals surface area contributed by atoms with E-state index in [0.29, 0.717) is 0 Å². The fraction of sp³-hybridized carbons (Fsp3) is 0.667. The Morgan fingerprint density at radius 2 is 1.71 bits per heavy atom. The van der Waals surface area contributed by atoms with E-state index in [2.05, 4.69) is 52.9 Å². The van der Waals surface area contributed by atoms with Crippen molar-refractivity contribution < 1.29 is 0 Å². The van der Waals surface area contributed by atoms with Gasteiger partial charge >= 0.3 is 0 Å². The minimum absolute atomic E-state index is 0.833. The van der Waals surface area contributed by atoms with Gasteiger partial charge in [-0.25, -0.2) is 0 Å². The molecule has 1 atom stereocenters. The van der Waals surface area contributed by atoms with Crippen LogP contribution in [0.5, 0.6) is 0 Å². The lowest BCUT2D eigenvalue weighted by atomic mass is 10.1. The van der Waals surface area contributed by atoms with E-state index >= 15 is 0 Å². The van der Waals surface area contributed by atoms with Crippen molar-refractivity contribution in [3.05, 3.63) is 29.8 Å². The van der Waals surface area contributed by atoms with Crippen molar-refractivity contribution >= 4 is 5.69 Å². The molecule has 2 heterocycles. The van der Waals surface area contributed by atoms with Crippen LogP contribution in [0.25, 0.3) is 0 Å². The summed E-state index contributed by atoms with van der Waals surface area (Å²) in [6, 6.07) is 9.80. The highest BCUT2D eigenvalue weighted by Crippen LogP contribution is 2.20. The molecule has 21 heavy (non-hydrogen) atoms. The zero-order valence-corrected chi connectivity index (χ0v) is 13.6. The van der Waals surface area contributed by atoms with Crippen LogP contribution in [-0.4, -0.2) is 62.2 Å². The van der Waals surface area contributed by atoms with Crippen LogP contribution in [0.3, 0.4) is 0 Å². The molecule has 2 fully saturated rings. The summed E-state index contributed by atoms with van der Waals surface area (Å²) in [4.78, 5) is 7.72. The van der Waals surface area contributed by atoms with Crippen LogP contribution in [0.1, 0.15) is 24.8 Å². The highest BCUT2D eigenvalue weighted by molar-refractivity contribution is 5.47. The number of benzene rings is 1. The van der Waals surface area contributed by atoms with Gasteiger partial charge in [0.15, 0.2) is 0 Å².